The molecule has 1 unspecified atom stereocenters. The van der Waals surface area contributed by atoms with Crippen molar-refractivity contribution in [3.8, 4) is 0 Å². The van der Waals surface area contributed by atoms with Gasteiger partial charge in [-0.3, -0.25) is 9.69 Å². The van der Waals surface area contributed by atoms with Crippen molar-refractivity contribution in [3.63, 3.8) is 0 Å². The van der Waals surface area contributed by atoms with Crippen LogP contribution in [0.3, 0.4) is 0 Å². The number of ether oxygens (including phenoxy) is 5. The summed E-state index contributed by atoms with van der Waals surface area (Å²) in [7, 11) is 4.02. The van der Waals surface area contributed by atoms with E-state index >= 15 is 0 Å². The highest BCUT2D eigenvalue weighted by atomic mass is 16.6. The second-order valence-electron chi connectivity index (χ2n) is 10.0. The van der Waals surface area contributed by atoms with Crippen molar-refractivity contribution < 1.29 is 47.7 Å². The average molecular weight is 503 g/mol. The van der Waals surface area contributed by atoms with Crippen LogP contribution in [-0.4, -0.2) is 90.7 Å². The van der Waals surface area contributed by atoms with Gasteiger partial charge in [0.05, 0.1) is 14.2 Å². The summed E-state index contributed by atoms with van der Waals surface area (Å²) in [4.78, 5) is 60.6. The molecule has 0 spiro atoms. The number of rotatable bonds is 3. The molecule has 3 atom stereocenters. The molecular formula is C23H38N2O10. The van der Waals surface area contributed by atoms with Gasteiger partial charge in [0.2, 0.25) is 5.91 Å². The third kappa shape index (κ3) is 8.68. The molecule has 2 fully saturated rings. The monoisotopic (exact) mass is 502 g/mol. The molecule has 0 bridgehead atoms. The molecule has 2 saturated heterocycles. The Bertz CT molecular complexity index is 799. The van der Waals surface area contributed by atoms with E-state index in [-0.39, 0.29) is 12.8 Å². The molecule has 0 aliphatic carbocycles. The van der Waals surface area contributed by atoms with E-state index < -0.39 is 59.5 Å². The minimum atomic E-state index is -0.859. The molecular weight excluding hydrogens is 464 g/mol. The number of carbonyl (C=O) groups excluding carboxylic acids is 5. The smallest absolute Gasteiger partial charge is 0.417 e. The van der Waals surface area contributed by atoms with Crippen LogP contribution >= 0.6 is 0 Å². The van der Waals surface area contributed by atoms with E-state index in [1.54, 1.807) is 41.5 Å². The summed E-state index contributed by atoms with van der Waals surface area (Å²) < 4.78 is 24.8. The Balaban J connectivity index is 0.000000351. The van der Waals surface area contributed by atoms with Crippen LogP contribution in [0.25, 0.3) is 0 Å². The maximum atomic E-state index is 12.1. The lowest BCUT2D eigenvalue weighted by atomic mass is 10.2. The Hall–Kier alpha value is -2.89. The van der Waals surface area contributed by atoms with Crippen LogP contribution in [0.2, 0.25) is 0 Å². The molecule has 200 valence electrons. The van der Waals surface area contributed by atoms with Crippen molar-refractivity contribution >= 4 is 30.0 Å². The topological polar surface area (TPSA) is 138 Å². The first-order valence-electron chi connectivity index (χ1n) is 11.3. The lowest BCUT2D eigenvalue weighted by Gasteiger charge is -2.30. The summed E-state index contributed by atoms with van der Waals surface area (Å²) in [5, 5.41) is 0. The van der Waals surface area contributed by atoms with Crippen LogP contribution < -0.4 is 0 Å². The number of hydrogen-bond acceptors (Lipinski definition) is 10. The Kier molecular flexibility index (Phi) is 10.5. The Morgan fingerprint density at radius 3 is 1.69 bits per heavy atom. The number of carbonyl (C=O) groups is 5. The summed E-state index contributed by atoms with van der Waals surface area (Å²) in [5.41, 5.74) is -1.32. The standard InChI is InChI=1S/C12H21NO5.C11H17NO5/c1-12(2,3)18-11(15)13-8(10(14)17-5)6-7-9(13)16-4;1-11(2,3)17-10(15)12-7(9(14)16-4)5-6-8(12)13/h8-9H,6-7H2,1-5H3;7H,5-6H2,1-4H3/t8-,9?;7-/m00/s1. The van der Waals surface area contributed by atoms with E-state index in [1.165, 1.54) is 26.2 Å². The highest BCUT2D eigenvalue weighted by Gasteiger charge is 2.44. The van der Waals surface area contributed by atoms with E-state index in [4.69, 9.17) is 18.9 Å². The molecule has 0 aromatic rings. The number of hydrogen-bond donors (Lipinski definition) is 0. The quantitative estimate of drug-likeness (QED) is 0.418. The molecule has 0 radical (unpaired) electrons. The summed E-state index contributed by atoms with van der Waals surface area (Å²) >= 11 is 0. The van der Waals surface area contributed by atoms with E-state index in [2.05, 4.69) is 4.74 Å². The maximum Gasteiger partial charge on any atom is 0.417 e. The maximum absolute atomic E-state index is 12.1. The van der Waals surface area contributed by atoms with Crippen LogP contribution in [0.4, 0.5) is 9.59 Å². The van der Waals surface area contributed by atoms with Gasteiger partial charge in [0.1, 0.15) is 29.5 Å². The van der Waals surface area contributed by atoms with Crippen molar-refractivity contribution in [2.75, 3.05) is 21.3 Å². The number of methoxy groups -OCH3 is 3. The lowest BCUT2D eigenvalue weighted by Crippen LogP contribution is -2.48. The molecule has 12 heteroatoms. The predicted octanol–water partition coefficient (Wildman–Crippen LogP) is 2.62. The first kappa shape index (κ1) is 30.1. The first-order chi connectivity index (χ1) is 16.1. The van der Waals surface area contributed by atoms with E-state index in [0.717, 1.165) is 4.90 Å². The van der Waals surface area contributed by atoms with Crippen LogP contribution in [0.15, 0.2) is 0 Å². The Morgan fingerprint density at radius 2 is 1.23 bits per heavy atom. The second kappa shape index (κ2) is 12.2. The van der Waals surface area contributed by atoms with E-state index in [9.17, 15) is 24.0 Å². The van der Waals surface area contributed by atoms with Gasteiger partial charge in [-0.1, -0.05) is 0 Å². The molecule has 35 heavy (non-hydrogen) atoms. The molecule has 0 saturated carbocycles. The van der Waals surface area contributed by atoms with Gasteiger partial charge in [0, 0.05) is 13.5 Å². The lowest BCUT2D eigenvalue weighted by molar-refractivity contribution is -0.148. The minimum Gasteiger partial charge on any atom is -0.467 e. The second-order valence-corrected chi connectivity index (χ2v) is 10.0. The zero-order chi connectivity index (χ0) is 27.1. The Morgan fingerprint density at radius 1 is 0.743 bits per heavy atom. The molecule has 2 rings (SSSR count). The summed E-state index contributed by atoms with van der Waals surface area (Å²) in [5.74, 6) is -1.45. The summed E-state index contributed by atoms with van der Waals surface area (Å²) in [6, 6.07) is -1.49. The third-order valence-electron chi connectivity index (χ3n) is 4.96. The fraction of sp³-hybridized carbons (Fsp3) is 0.783. The minimum absolute atomic E-state index is 0.152. The first-order valence-corrected chi connectivity index (χ1v) is 11.3. The SMILES string of the molecule is COC(=O)[C@@H]1CCC(=O)N1C(=O)OC(C)(C)C.COC(=O)[C@@H]1CCC(OC)N1C(=O)OC(C)(C)C. The van der Waals surface area contributed by atoms with Gasteiger partial charge in [-0.05, 0) is 60.8 Å². The zero-order valence-electron chi connectivity index (χ0n) is 22.0. The molecule has 0 aromatic carbocycles. The van der Waals surface area contributed by atoms with E-state index in [1.807, 2.05) is 0 Å². The van der Waals surface area contributed by atoms with E-state index in [0.29, 0.717) is 12.8 Å². The van der Waals surface area contributed by atoms with Crippen LogP contribution in [-0.2, 0) is 38.1 Å². The van der Waals surface area contributed by atoms with Gasteiger partial charge in [-0.15, -0.1) is 0 Å². The zero-order valence-corrected chi connectivity index (χ0v) is 22.0. The van der Waals surface area contributed by atoms with Gasteiger partial charge >= 0.3 is 24.1 Å². The van der Waals surface area contributed by atoms with Crippen molar-refractivity contribution in [2.24, 2.45) is 0 Å². The van der Waals surface area contributed by atoms with Crippen molar-refractivity contribution in [2.45, 2.75) is 96.7 Å². The predicted molar refractivity (Wildman–Crippen MR) is 122 cm³/mol. The van der Waals surface area contributed by atoms with Gasteiger partial charge < -0.3 is 23.7 Å². The van der Waals surface area contributed by atoms with Gasteiger partial charge in [0.15, 0.2) is 0 Å². The number of amides is 3. The van der Waals surface area contributed by atoms with Crippen molar-refractivity contribution in [3.05, 3.63) is 0 Å². The van der Waals surface area contributed by atoms with Crippen LogP contribution in [0.1, 0.15) is 67.2 Å². The van der Waals surface area contributed by atoms with Gasteiger partial charge in [0.25, 0.3) is 0 Å². The number of imide groups is 1. The third-order valence-corrected chi connectivity index (χ3v) is 4.96. The van der Waals surface area contributed by atoms with Gasteiger partial charge in [-0.25, -0.2) is 24.1 Å². The largest absolute Gasteiger partial charge is 0.467 e. The molecule has 0 aromatic heterocycles. The number of nitrogens with zero attached hydrogens (tertiary/aromatic N) is 2. The fourth-order valence-electron chi connectivity index (χ4n) is 3.52. The normalized spacial score (nSPS) is 22.2. The Labute approximate surface area is 206 Å². The van der Waals surface area contributed by atoms with Crippen LogP contribution in [0, 0.1) is 0 Å². The number of esters is 2. The molecule has 2 aliphatic heterocycles. The number of likely N-dealkylation sites (tertiary alicyclic amines) is 2. The summed E-state index contributed by atoms with van der Waals surface area (Å²) in [6.07, 6.45) is -0.245. The summed E-state index contributed by atoms with van der Waals surface area (Å²) in [6.45, 7) is 10.4. The molecule has 0 N–H and O–H groups in total. The highest BCUT2D eigenvalue weighted by molar-refractivity contribution is 5.99. The van der Waals surface area contributed by atoms with Crippen molar-refractivity contribution in [1.82, 2.24) is 9.80 Å². The highest BCUT2D eigenvalue weighted by Crippen LogP contribution is 2.28. The molecule has 2 aliphatic rings. The fourth-order valence-corrected chi connectivity index (χ4v) is 3.52. The molecule has 3 amide bonds. The van der Waals surface area contributed by atoms with Gasteiger partial charge in [-0.2, -0.15) is 0 Å². The molecule has 12 nitrogen and oxygen atoms in total. The van der Waals surface area contributed by atoms with Crippen molar-refractivity contribution in [1.29, 1.82) is 0 Å². The average Bonchev–Trinajstić information content (AvgIpc) is 3.34. The molecule has 2 heterocycles. The van der Waals surface area contributed by atoms with Crippen LogP contribution in [0.5, 0.6) is 0 Å².